The normalized spacial score (nSPS) is 19.0. The number of carbonyl (C=O) groups excluding carboxylic acids is 1. The highest BCUT2D eigenvalue weighted by Gasteiger charge is 2.24. The summed E-state index contributed by atoms with van der Waals surface area (Å²) in [7, 11) is 0. The van der Waals surface area contributed by atoms with Gasteiger partial charge in [0.25, 0.3) is 0 Å². The Morgan fingerprint density at radius 1 is 1.50 bits per heavy atom. The summed E-state index contributed by atoms with van der Waals surface area (Å²) < 4.78 is 18.4. The predicted molar refractivity (Wildman–Crippen MR) is 63.7 cm³/mol. The Morgan fingerprint density at radius 3 is 2.94 bits per heavy atom. The summed E-state index contributed by atoms with van der Waals surface area (Å²) in [4.78, 5) is 13.3. The van der Waals surface area contributed by atoms with Crippen molar-refractivity contribution in [3.05, 3.63) is 30.1 Å². The minimum atomic E-state index is -0.429. The number of benzene rings is 1. The molecular formula is C13H16FNO3. The maximum Gasteiger partial charge on any atom is 0.226 e. The molecule has 1 heterocycles. The van der Waals surface area contributed by atoms with Crippen molar-refractivity contribution in [1.82, 2.24) is 4.90 Å². The van der Waals surface area contributed by atoms with E-state index in [1.165, 1.54) is 12.1 Å². The Hall–Kier alpha value is -1.62. The fourth-order valence-corrected chi connectivity index (χ4v) is 1.94. The van der Waals surface area contributed by atoms with Gasteiger partial charge in [-0.25, -0.2) is 4.39 Å². The minimum absolute atomic E-state index is 0.0668. The van der Waals surface area contributed by atoms with E-state index >= 15 is 0 Å². The number of β-amino-alcohol motifs (C(OH)–C–C–N with tert-alkyl or cyclic N) is 1. The highest BCUT2D eigenvalue weighted by molar-refractivity contribution is 5.76. The molecule has 1 atom stereocenters. The Kier molecular flexibility index (Phi) is 4.15. The number of para-hydroxylation sites is 1. The fourth-order valence-electron chi connectivity index (χ4n) is 1.94. The van der Waals surface area contributed by atoms with Crippen molar-refractivity contribution in [2.75, 3.05) is 19.7 Å². The third-order valence-corrected chi connectivity index (χ3v) is 2.93. The Labute approximate surface area is 105 Å². The van der Waals surface area contributed by atoms with Crippen LogP contribution in [-0.2, 0) is 4.79 Å². The summed E-state index contributed by atoms with van der Waals surface area (Å²) in [6.07, 6.45) is 0.405. The minimum Gasteiger partial charge on any atom is -0.490 e. The molecule has 1 aromatic rings. The third kappa shape index (κ3) is 3.20. The molecule has 18 heavy (non-hydrogen) atoms. The summed E-state index contributed by atoms with van der Waals surface area (Å²) in [5.41, 5.74) is 0. The molecule has 5 heteroatoms. The molecule has 0 radical (unpaired) electrons. The van der Waals surface area contributed by atoms with Crippen LogP contribution in [0.5, 0.6) is 5.75 Å². The maximum absolute atomic E-state index is 13.2. The highest BCUT2D eigenvalue weighted by Crippen LogP contribution is 2.16. The maximum atomic E-state index is 13.2. The number of aliphatic hydroxyl groups is 1. The molecule has 1 aliphatic heterocycles. The van der Waals surface area contributed by atoms with Gasteiger partial charge < -0.3 is 14.7 Å². The zero-order chi connectivity index (χ0) is 13.0. The summed E-state index contributed by atoms with van der Waals surface area (Å²) in [6.45, 7) is 1.12. The van der Waals surface area contributed by atoms with Crippen LogP contribution < -0.4 is 4.74 Å². The van der Waals surface area contributed by atoms with E-state index in [0.29, 0.717) is 19.5 Å². The number of nitrogens with zero attached hydrogens (tertiary/aromatic N) is 1. The molecule has 0 unspecified atom stereocenters. The van der Waals surface area contributed by atoms with Gasteiger partial charge in [-0.2, -0.15) is 0 Å². The summed E-state index contributed by atoms with van der Waals surface area (Å²) in [6, 6.07) is 6.10. The topological polar surface area (TPSA) is 49.8 Å². The number of likely N-dealkylation sites (tertiary alicyclic amines) is 1. The molecule has 1 amide bonds. The van der Waals surface area contributed by atoms with Gasteiger partial charge in [0.2, 0.25) is 5.91 Å². The van der Waals surface area contributed by atoms with Crippen LogP contribution >= 0.6 is 0 Å². The lowest BCUT2D eigenvalue weighted by atomic mass is 10.3. The SMILES string of the molecule is O=C(CCOc1ccccc1F)N1CC[C@@H](O)C1. The summed E-state index contributed by atoms with van der Waals surface area (Å²) in [5, 5.41) is 9.31. The number of ether oxygens (including phenoxy) is 1. The molecule has 0 spiro atoms. The second-order valence-electron chi connectivity index (χ2n) is 4.31. The lowest BCUT2D eigenvalue weighted by molar-refractivity contribution is -0.131. The van der Waals surface area contributed by atoms with E-state index in [4.69, 9.17) is 4.74 Å². The number of rotatable bonds is 4. The van der Waals surface area contributed by atoms with Crippen molar-refractivity contribution < 1.29 is 19.0 Å². The Bertz CT molecular complexity index is 424. The van der Waals surface area contributed by atoms with Gasteiger partial charge >= 0.3 is 0 Å². The van der Waals surface area contributed by atoms with Gasteiger partial charge in [0.1, 0.15) is 0 Å². The molecule has 0 aromatic heterocycles. The quantitative estimate of drug-likeness (QED) is 0.876. The lowest BCUT2D eigenvalue weighted by Gasteiger charge is -2.15. The Morgan fingerprint density at radius 2 is 2.28 bits per heavy atom. The van der Waals surface area contributed by atoms with Crippen LogP contribution in [-0.4, -0.2) is 41.7 Å². The van der Waals surface area contributed by atoms with Crippen LogP contribution in [0.15, 0.2) is 24.3 Å². The number of halogens is 1. The van der Waals surface area contributed by atoms with Gasteiger partial charge in [-0.1, -0.05) is 12.1 Å². The first-order chi connectivity index (χ1) is 8.66. The summed E-state index contributed by atoms with van der Waals surface area (Å²) >= 11 is 0. The average molecular weight is 253 g/mol. The van der Waals surface area contributed by atoms with E-state index in [1.54, 1.807) is 17.0 Å². The van der Waals surface area contributed by atoms with Crippen molar-refractivity contribution in [2.45, 2.75) is 18.9 Å². The molecule has 1 aromatic carbocycles. The highest BCUT2D eigenvalue weighted by atomic mass is 19.1. The molecule has 1 aliphatic rings. The van der Waals surface area contributed by atoms with Crippen LogP contribution in [0.4, 0.5) is 4.39 Å². The first kappa shape index (κ1) is 12.8. The molecule has 4 nitrogen and oxygen atoms in total. The molecule has 98 valence electrons. The number of hydrogen-bond acceptors (Lipinski definition) is 3. The predicted octanol–water partition coefficient (Wildman–Crippen LogP) is 1.19. The van der Waals surface area contributed by atoms with Gasteiger partial charge in [0.05, 0.1) is 19.1 Å². The third-order valence-electron chi connectivity index (χ3n) is 2.93. The van der Waals surface area contributed by atoms with Gasteiger partial charge in [0, 0.05) is 13.1 Å². The first-order valence-corrected chi connectivity index (χ1v) is 6.00. The van der Waals surface area contributed by atoms with Crippen molar-refractivity contribution in [3.8, 4) is 5.75 Å². The van der Waals surface area contributed by atoms with Crippen LogP contribution in [0.2, 0.25) is 0 Å². The molecule has 1 N–H and O–H groups in total. The standard InChI is InChI=1S/C13H16FNO3/c14-11-3-1-2-4-12(11)18-8-6-13(17)15-7-5-10(16)9-15/h1-4,10,16H,5-9H2/t10-/m1/s1. The molecule has 0 aliphatic carbocycles. The van der Waals surface area contributed by atoms with Crippen molar-refractivity contribution in [2.24, 2.45) is 0 Å². The zero-order valence-corrected chi connectivity index (χ0v) is 10.0. The van der Waals surface area contributed by atoms with Crippen molar-refractivity contribution >= 4 is 5.91 Å². The first-order valence-electron chi connectivity index (χ1n) is 6.00. The second kappa shape index (κ2) is 5.82. The molecular weight excluding hydrogens is 237 g/mol. The van der Waals surface area contributed by atoms with E-state index in [9.17, 15) is 14.3 Å². The van der Waals surface area contributed by atoms with Crippen molar-refractivity contribution in [1.29, 1.82) is 0 Å². The van der Waals surface area contributed by atoms with Gasteiger partial charge in [-0.3, -0.25) is 4.79 Å². The van der Waals surface area contributed by atoms with E-state index in [1.807, 2.05) is 0 Å². The van der Waals surface area contributed by atoms with Crippen molar-refractivity contribution in [3.63, 3.8) is 0 Å². The molecule has 0 saturated carbocycles. The van der Waals surface area contributed by atoms with Gasteiger partial charge in [-0.05, 0) is 18.6 Å². The largest absolute Gasteiger partial charge is 0.490 e. The molecule has 1 saturated heterocycles. The van der Waals surface area contributed by atoms with Gasteiger partial charge in [0.15, 0.2) is 11.6 Å². The monoisotopic (exact) mass is 253 g/mol. The van der Waals surface area contributed by atoms with Crippen LogP contribution in [0.3, 0.4) is 0 Å². The van der Waals surface area contributed by atoms with Gasteiger partial charge in [-0.15, -0.1) is 0 Å². The van der Waals surface area contributed by atoms with Crippen LogP contribution in [0.1, 0.15) is 12.8 Å². The lowest BCUT2D eigenvalue weighted by Crippen LogP contribution is -2.30. The van der Waals surface area contributed by atoms with Crippen LogP contribution in [0, 0.1) is 5.82 Å². The number of aliphatic hydroxyl groups excluding tert-OH is 1. The number of hydrogen-bond donors (Lipinski definition) is 1. The second-order valence-corrected chi connectivity index (χ2v) is 4.31. The average Bonchev–Trinajstić information content (AvgIpc) is 2.78. The number of amides is 1. The summed E-state index contributed by atoms with van der Waals surface area (Å²) in [5.74, 6) is -0.337. The zero-order valence-electron chi connectivity index (χ0n) is 10.0. The number of carbonyl (C=O) groups is 1. The van der Waals surface area contributed by atoms with Crippen LogP contribution in [0.25, 0.3) is 0 Å². The smallest absolute Gasteiger partial charge is 0.226 e. The van der Waals surface area contributed by atoms with E-state index < -0.39 is 11.9 Å². The molecule has 1 fully saturated rings. The Balaban J connectivity index is 1.75. The van der Waals surface area contributed by atoms with E-state index in [-0.39, 0.29) is 24.7 Å². The fraction of sp³-hybridized carbons (Fsp3) is 0.462. The van der Waals surface area contributed by atoms with E-state index in [2.05, 4.69) is 0 Å². The molecule has 2 rings (SSSR count). The molecule has 0 bridgehead atoms. The van der Waals surface area contributed by atoms with E-state index in [0.717, 1.165) is 0 Å².